The van der Waals surface area contributed by atoms with E-state index in [4.69, 9.17) is 0 Å². The van der Waals surface area contributed by atoms with Crippen LogP contribution in [0.25, 0.3) is 0 Å². The van der Waals surface area contributed by atoms with Crippen molar-refractivity contribution >= 4 is 43.3 Å². The molecule has 0 aliphatic carbocycles. The van der Waals surface area contributed by atoms with Gasteiger partial charge >= 0.3 is 0 Å². The van der Waals surface area contributed by atoms with Crippen molar-refractivity contribution in [1.29, 1.82) is 0 Å². The van der Waals surface area contributed by atoms with Crippen molar-refractivity contribution in [3.8, 4) is 0 Å². The maximum Gasteiger partial charge on any atom is 0.187 e. The van der Waals surface area contributed by atoms with Crippen LogP contribution in [0.15, 0.2) is 69.2 Å². The molecule has 2 aromatic carbocycles. The Labute approximate surface area is 141 Å². The van der Waals surface area contributed by atoms with E-state index in [1.54, 1.807) is 6.08 Å². The summed E-state index contributed by atoms with van der Waals surface area (Å²) >= 11 is 6.77. The van der Waals surface area contributed by atoms with Crippen LogP contribution in [0.2, 0.25) is 0 Å². The molecule has 0 saturated carbocycles. The van der Waals surface area contributed by atoms with Gasteiger partial charge in [-0.15, -0.1) is 0 Å². The Bertz CT molecular complexity index is 645. The minimum Gasteiger partial charge on any atom is -0.359 e. The van der Waals surface area contributed by atoms with Crippen LogP contribution < -0.4 is 5.32 Å². The van der Waals surface area contributed by atoms with Crippen molar-refractivity contribution in [2.75, 3.05) is 5.32 Å². The predicted molar refractivity (Wildman–Crippen MR) is 94.6 cm³/mol. The normalized spacial score (nSPS) is 11.3. The molecule has 2 aromatic rings. The number of hydrogen-bond donors (Lipinski definition) is 1. The van der Waals surface area contributed by atoms with Crippen molar-refractivity contribution in [3.63, 3.8) is 0 Å². The van der Waals surface area contributed by atoms with Crippen molar-refractivity contribution < 1.29 is 4.79 Å². The predicted octanol–water partition coefficient (Wildman–Crippen LogP) is 5.80. The van der Waals surface area contributed by atoms with Crippen LogP contribution >= 0.6 is 31.9 Å². The second kappa shape index (κ2) is 7.57. The first-order chi connectivity index (χ1) is 10.1. The highest BCUT2D eigenvalue weighted by Crippen LogP contribution is 2.17. The first-order valence-electron chi connectivity index (χ1n) is 6.61. The van der Waals surface area contributed by atoms with Crippen molar-refractivity contribution in [2.45, 2.75) is 13.3 Å². The monoisotopic (exact) mass is 407 g/mol. The Morgan fingerprint density at radius 3 is 2.05 bits per heavy atom. The highest BCUT2D eigenvalue weighted by atomic mass is 79.9. The quantitative estimate of drug-likeness (QED) is 0.500. The third-order valence-electron chi connectivity index (χ3n) is 2.96. The number of carbonyl (C=O) groups excluding carboxylic acids is 1. The van der Waals surface area contributed by atoms with Crippen molar-refractivity contribution in [2.24, 2.45) is 0 Å². The van der Waals surface area contributed by atoms with E-state index in [0.717, 1.165) is 26.8 Å². The Morgan fingerprint density at radius 2 is 1.52 bits per heavy atom. The third kappa shape index (κ3) is 4.83. The molecule has 0 unspecified atom stereocenters. The largest absolute Gasteiger partial charge is 0.359 e. The van der Waals surface area contributed by atoms with Crippen LogP contribution in [0, 0.1) is 0 Å². The summed E-state index contributed by atoms with van der Waals surface area (Å²) < 4.78 is 1.99. The molecule has 0 atom stereocenters. The Hall–Kier alpha value is -1.39. The van der Waals surface area contributed by atoms with Crippen LogP contribution in [-0.4, -0.2) is 5.78 Å². The topological polar surface area (TPSA) is 29.1 Å². The van der Waals surface area contributed by atoms with E-state index in [1.807, 2.05) is 55.5 Å². The molecule has 0 fully saturated rings. The molecule has 2 nitrogen and oxygen atoms in total. The summed E-state index contributed by atoms with van der Waals surface area (Å²) in [6, 6.07) is 15.2. The number of ketones is 1. The fourth-order valence-corrected chi connectivity index (χ4v) is 2.33. The lowest BCUT2D eigenvalue weighted by molar-refractivity contribution is 0.104. The smallest absolute Gasteiger partial charge is 0.187 e. The van der Waals surface area contributed by atoms with Crippen molar-refractivity contribution in [3.05, 3.63) is 74.8 Å². The van der Waals surface area contributed by atoms with Gasteiger partial charge in [0.25, 0.3) is 0 Å². The second-order valence-electron chi connectivity index (χ2n) is 4.53. The van der Waals surface area contributed by atoms with Crippen molar-refractivity contribution in [1.82, 2.24) is 0 Å². The molecule has 0 aliphatic rings. The standard InChI is InChI=1S/C17H15Br2NO/c1-2-15(20-16-9-7-14(19)8-10-16)11-17(21)12-3-5-13(18)6-4-12/h3-11,20H,2H2,1H3. The van der Waals surface area contributed by atoms with Crippen LogP contribution in [-0.2, 0) is 0 Å². The molecule has 0 saturated heterocycles. The summed E-state index contributed by atoms with van der Waals surface area (Å²) in [5.74, 6) is 0.00367. The molecule has 0 amide bonds. The van der Waals surface area contributed by atoms with Gasteiger partial charge in [0, 0.05) is 32.0 Å². The van der Waals surface area contributed by atoms with E-state index < -0.39 is 0 Å². The Balaban J connectivity index is 2.14. The maximum atomic E-state index is 12.2. The number of hydrogen-bond acceptors (Lipinski definition) is 2. The molecule has 0 aromatic heterocycles. The number of carbonyl (C=O) groups is 1. The van der Waals surface area contributed by atoms with Crippen LogP contribution in [0.4, 0.5) is 5.69 Å². The number of nitrogens with one attached hydrogen (secondary N) is 1. The lowest BCUT2D eigenvalue weighted by atomic mass is 10.1. The van der Waals surface area contributed by atoms with Crippen LogP contribution in [0.5, 0.6) is 0 Å². The summed E-state index contributed by atoms with van der Waals surface area (Å²) in [5, 5.41) is 3.28. The van der Waals surface area contributed by atoms with E-state index >= 15 is 0 Å². The highest BCUT2D eigenvalue weighted by Gasteiger charge is 2.05. The van der Waals surface area contributed by atoms with Crippen LogP contribution in [0.1, 0.15) is 23.7 Å². The molecule has 4 heteroatoms. The zero-order chi connectivity index (χ0) is 15.2. The van der Waals surface area contributed by atoms with Gasteiger partial charge in [0.2, 0.25) is 0 Å². The number of halogens is 2. The van der Waals surface area contributed by atoms with E-state index in [9.17, 15) is 4.79 Å². The maximum absolute atomic E-state index is 12.2. The summed E-state index contributed by atoms with van der Waals surface area (Å²) in [5.41, 5.74) is 2.54. The van der Waals surface area contributed by atoms with Gasteiger partial charge in [-0.05, 0) is 55.0 Å². The molecular formula is C17H15Br2NO. The lowest BCUT2D eigenvalue weighted by Gasteiger charge is -2.09. The first kappa shape index (κ1) is 16.0. The van der Waals surface area contributed by atoms with Gasteiger partial charge in [-0.25, -0.2) is 0 Å². The zero-order valence-electron chi connectivity index (χ0n) is 11.6. The average Bonchev–Trinajstić information content (AvgIpc) is 2.49. The molecule has 2 rings (SSSR count). The molecule has 0 radical (unpaired) electrons. The third-order valence-corrected chi connectivity index (χ3v) is 4.02. The number of anilines is 1. The fraction of sp³-hybridized carbons (Fsp3) is 0.118. The summed E-state index contributed by atoms with van der Waals surface area (Å²) in [7, 11) is 0. The molecule has 0 spiro atoms. The number of benzene rings is 2. The summed E-state index contributed by atoms with van der Waals surface area (Å²) in [6.07, 6.45) is 2.42. The fourth-order valence-electron chi connectivity index (χ4n) is 1.80. The van der Waals surface area contributed by atoms with Gasteiger partial charge in [-0.2, -0.15) is 0 Å². The van der Waals surface area contributed by atoms with Gasteiger partial charge in [-0.1, -0.05) is 38.8 Å². The molecular weight excluding hydrogens is 394 g/mol. The molecule has 1 N–H and O–H groups in total. The minimum absolute atomic E-state index is 0.00367. The van der Waals surface area contributed by atoms with Gasteiger partial charge in [0.15, 0.2) is 5.78 Å². The molecule has 0 aliphatic heterocycles. The van der Waals surface area contributed by atoms with Crippen LogP contribution in [0.3, 0.4) is 0 Å². The van der Waals surface area contributed by atoms with E-state index in [2.05, 4.69) is 37.2 Å². The van der Waals surface area contributed by atoms with E-state index in [0.29, 0.717) is 5.56 Å². The molecule has 0 heterocycles. The molecule has 108 valence electrons. The summed E-state index contributed by atoms with van der Waals surface area (Å²) in [6.45, 7) is 2.02. The summed E-state index contributed by atoms with van der Waals surface area (Å²) in [4.78, 5) is 12.2. The lowest BCUT2D eigenvalue weighted by Crippen LogP contribution is -2.03. The Kier molecular flexibility index (Phi) is 5.76. The van der Waals surface area contributed by atoms with Gasteiger partial charge in [0.1, 0.15) is 0 Å². The molecule has 0 bridgehead atoms. The zero-order valence-corrected chi connectivity index (χ0v) is 14.7. The minimum atomic E-state index is 0.00367. The van der Waals surface area contributed by atoms with Gasteiger partial charge in [0.05, 0.1) is 0 Å². The highest BCUT2D eigenvalue weighted by molar-refractivity contribution is 9.10. The number of rotatable bonds is 5. The van der Waals surface area contributed by atoms with Gasteiger partial charge in [-0.3, -0.25) is 4.79 Å². The van der Waals surface area contributed by atoms with Gasteiger partial charge < -0.3 is 5.32 Å². The Morgan fingerprint density at radius 1 is 1.00 bits per heavy atom. The average molecular weight is 409 g/mol. The first-order valence-corrected chi connectivity index (χ1v) is 8.20. The van der Waals surface area contributed by atoms with E-state index in [-0.39, 0.29) is 5.78 Å². The second-order valence-corrected chi connectivity index (χ2v) is 6.36. The SMILES string of the molecule is CCC(=CC(=O)c1ccc(Br)cc1)Nc1ccc(Br)cc1. The molecule has 21 heavy (non-hydrogen) atoms. The van der Waals surface area contributed by atoms with E-state index in [1.165, 1.54) is 0 Å². The number of allylic oxidation sites excluding steroid dienone is 2.